The fourth-order valence-corrected chi connectivity index (χ4v) is 1.79. The quantitative estimate of drug-likeness (QED) is 0.618. The molecule has 0 aromatic heterocycles. The average molecular weight is 195 g/mol. The summed E-state index contributed by atoms with van der Waals surface area (Å²) < 4.78 is 0. The highest BCUT2D eigenvalue weighted by Gasteiger charge is 2.20. The van der Waals surface area contributed by atoms with Crippen LogP contribution in [-0.2, 0) is 0 Å². The summed E-state index contributed by atoms with van der Waals surface area (Å²) in [7, 11) is 0. The number of allylic oxidation sites excluding steroid dienone is 3. The summed E-state index contributed by atoms with van der Waals surface area (Å²) >= 11 is 0. The van der Waals surface area contributed by atoms with Gasteiger partial charge in [0.25, 0.3) is 0 Å². The smallest absolute Gasteiger partial charge is 0.00691 e. The SMILES string of the molecule is C=CC(C)(CCN)CC(C)/C=C\CC. The molecule has 2 unspecified atom stereocenters. The van der Waals surface area contributed by atoms with Gasteiger partial charge in [-0.25, -0.2) is 0 Å². The van der Waals surface area contributed by atoms with E-state index in [1.165, 1.54) is 0 Å². The second kappa shape index (κ2) is 6.83. The summed E-state index contributed by atoms with van der Waals surface area (Å²) in [5.41, 5.74) is 5.80. The van der Waals surface area contributed by atoms with E-state index in [1.54, 1.807) is 0 Å². The molecule has 0 aliphatic carbocycles. The van der Waals surface area contributed by atoms with Crippen molar-refractivity contribution in [1.29, 1.82) is 0 Å². The van der Waals surface area contributed by atoms with Crippen molar-refractivity contribution in [2.24, 2.45) is 17.1 Å². The molecule has 0 saturated heterocycles. The van der Waals surface area contributed by atoms with Crippen LogP contribution >= 0.6 is 0 Å². The Kier molecular flexibility index (Phi) is 6.56. The Morgan fingerprint density at radius 2 is 2.14 bits per heavy atom. The highest BCUT2D eigenvalue weighted by molar-refractivity contribution is 4.96. The van der Waals surface area contributed by atoms with Crippen molar-refractivity contribution in [1.82, 2.24) is 0 Å². The van der Waals surface area contributed by atoms with Gasteiger partial charge in [0.2, 0.25) is 0 Å². The standard InChI is InChI=1S/C13H25N/c1-5-7-8-12(3)11-13(4,6-2)9-10-14/h6-8,12H,2,5,9-11,14H2,1,3-4H3/b8-7-. The first-order valence-electron chi connectivity index (χ1n) is 5.58. The first-order valence-corrected chi connectivity index (χ1v) is 5.58. The third-order valence-electron chi connectivity index (χ3n) is 2.70. The summed E-state index contributed by atoms with van der Waals surface area (Å²) in [6.07, 6.45) is 9.86. The average Bonchev–Trinajstić information content (AvgIpc) is 2.15. The van der Waals surface area contributed by atoms with Crippen molar-refractivity contribution >= 4 is 0 Å². The molecule has 0 aliphatic heterocycles. The van der Waals surface area contributed by atoms with Crippen LogP contribution in [0.25, 0.3) is 0 Å². The zero-order chi connectivity index (χ0) is 11.0. The molecule has 0 amide bonds. The van der Waals surface area contributed by atoms with Gasteiger partial charge >= 0.3 is 0 Å². The lowest BCUT2D eigenvalue weighted by atomic mass is 9.79. The monoisotopic (exact) mass is 195 g/mol. The van der Waals surface area contributed by atoms with E-state index in [-0.39, 0.29) is 5.41 Å². The van der Waals surface area contributed by atoms with Crippen molar-refractivity contribution in [2.45, 2.75) is 40.0 Å². The van der Waals surface area contributed by atoms with Crippen molar-refractivity contribution < 1.29 is 0 Å². The molecule has 0 aliphatic rings. The van der Waals surface area contributed by atoms with Gasteiger partial charge in [-0.05, 0) is 37.1 Å². The van der Waals surface area contributed by atoms with Gasteiger partial charge < -0.3 is 5.73 Å². The molecule has 0 spiro atoms. The summed E-state index contributed by atoms with van der Waals surface area (Å²) in [6, 6.07) is 0. The van der Waals surface area contributed by atoms with Crippen LogP contribution in [0, 0.1) is 11.3 Å². The Bertz CT molecular complexity index is 184. The molecule has 2 N–H and O–H groups in total. The van der Waals surface area contributed by atoms with Gasteiger partial charge in [-0.1, -0.05) is 39.0 Å². The summed E-state index contributed by atoms with van der Waals surface area (Å²) in [6.45, 7) is 11.3. The van der Waals surface area contributed by atoms with Gasteiger partial charge in [-0.15, -0.1) is 6.58 Å². The number of hydrogen-bond donors (Lipinski definition) is 1. The molecule has 1 heteroatoms. The Morgan fingerprint density at radius 1 is 1.50 bits per heavy atom. The number of nitrogens with two attached hydrogens (primary N) is 1. The summed E-state index contributed by atoms with van der Waals surface area (Å²) in [5, 5.41) is 0. The van der Waals surface area contributed by atoms with Crippen molar-refractivity contribution in [3.63, 3.8) is 0 Å². The van der Waals surface area contributed by atoms with E-state index in [4.69, 9.17) is 5.73 Å². The Morgan fingerprint density at radius 3 is 2.57 bits per heavy atom. The fraction of sp³-hybridized carbons (Fsp3) is 0.692. The van der Waals surface area contributed by atoms with Gasteiger partial charge in [0.1, 0.15) is 0 Å². The van der Waals surface area contributed by atoms with E-state index in [0.717, 1.165) is 25.8 Å². The van der Waals surface area contributed by atoms with Crippen LogP contribution in [0.3, 0.4) is 0 Å². The topological polar surface area (TPSA) is 26.0 Å². The van der Waals surface area contributed by atoms with Crippen LogP contribution < -0.4 is 5.73 Å². The lowest BCUT2D eigenvalue weighted by molar-refractivity contribution is 0.330. The highest BCUT2D eigenvalue weighted by atomic mass is 14.5. The van der Waals surface area contributed by atoms with Gasteiger partial charge in [0.05, 0.1) is 0 Å². The van der Waals surface area contributed by atoms with Crippen LogP contribution in [0.5, 0.6) is 0 Å². The van der Waals surface area contributed by atoms with Crippen LogP contribution in [0.15, 0.2) is 24.8 Å². The van der Waals surface area contributed by atoms with Crippen molar-refractivity contribution in [3.8, 4) is 0 Å². The molecule has 0 aromatic rings. The minimum atomic E-state index is 0.201. The molecule has 0 heterocycles. The molecule has 0 radical (unpaired) electrons. The van der Waals surface area contributed by atoms with Gasteiger partial charge in [0.15, 0.2) is 0 Å². The lowest BCUT2D eigenvalue weighted by Gasteiger charge is -2.27. The predicted octanol–water partition coefficient (Wildman–Crippen LogP) is 3.52. The normalized spacial score (nSPS) is 18.0. The molecule has 0 bridgehead atoms. The van der Waals surface area contributed by atoms with E-state index < -0.39 is 0 Å². The second-order valence-corrected chi connectivity index (χ2v) is 4.41. The van der Waals surface area contributed by atoms with Gasteiger partial charge in [-0.3, -0.25) is 0 Å². The summed E-state index contributed by atoms with van der Waals surface area (Å²) in [5.74, 6) is 0.615. The third kappa shape index (κ3) is 5.23. The molecular weight excluding hydrogens is 170 g/mol. The zero-order valence-corrected chi connectivity index (χ0v) is 9.92. The third-order valence-corrected chi connectivity index (χ3v) is 2.70. The van der Waals surface area contributed by atoms with E-state index >= 15 is 0 Å². The Balaban J connectivity index is 4.15. The second-order valence-electron chi connectivity index (χ2n) is 4.41. The molecule has 0 aromatic carbocycles. The van der Waals surface area contributed by atoms with Crippen LogP contribution in [0.4, 0.5) is 0 Å². The van der Waals surface area contributed by atoms with Crippen molar-refractivity contribution in [3.05, 3.63) is 24.8 Å². The first-order chi connectivity index (χ1) is 6.58. The molecule has 0 saturated carbocycles. The highest BCUT2D eigenvalue weighted by Crippen LogP contribution is 2.31. The van der Waals surface area contributed by atoms with Gasteiger partial charge in [-0.2, -0.15) is 0 Å². The maximum absolute atomic E-state index is 5.60. The van der Waals surface area contributed by atoms with Crippen molar-refractivity contribution in [2.75, 3.05) is 6.54 Å². The van der Waals surface area contributed by atoms with Crippen LogP contribution in [0.1, 0.15) is 40.0 Å². The Hall–Kier alpha value is -0.560. The largest absolute Gasteiger partial charge is 0.330 e. The van der Waals surface area contributed by atoms with Gasteiger partial charge in [0, 0.05) is 0 Å². The maximum Gasteiger partial charge on any atom is -0.00691 e. The predicted molar refractivity (Wildman–Crippen MR) is 65.2 cm³/mol. The number of rotatable bonds is 7. The van der Waals surface area contributed by atoms with Crippen LogP contribution in [0.2, 0.25) is 0 Å². The molecule has 1 nitrogen and oxygen atoms in total. The van der Waals surface area contributed by atoms with E-state index in [0.29, 0.717) is 5.92 Å². The zero-order valence-electron chi connectivity index (χ0n) is 9.92. The Labute approximate surface area is 89.1 Å². The minimum Gasteiger partial charge on any atom is -0.330 e. The first kappa shape index (κ1) is 13.4. The molecule has 0 fully saturated rings. The minimum absolute atomic E-state index is 0.201. The number of hydrogen-bond acceptors (Lipinski definition) is 1. The molecule has 14 heavy (non-hydrogen) atoms. The molecule has 0 rings (SSSR count). The van der Waals surface area contributed by atoms with E-state index in [2.05, 4.69) is 45.6 Å². The maximum atomic E-state index is 5.60. The molecular formula is C13H25N. The molecule has 82 valence electrons. The van der Waals surface area contributed by atoms with E-state index in [9.17, 15) is 0 Å². The van der Waals surface area contributed by atoms with Crippen LogP contribution in [-0.4, -0.2) is 6.54 Å². The lowest BCUT2D eigenvalue weighted by Crippen LogP contribution is -2.20. The van der Waals surface area contributed by atoms with E-state index in [1.807, 2.05) is 0 Å². The molecule has 2 atom stereocenters. The summed E-state index contributed by atoms with van der Waals surface area (Å²) in [4.78, 5) is 0. The fourth-order valence-electron chi connectivity index (χ4n) is 1.79.